The van der Waals surface area contributed by atoms with Crippen LogP contribution in [0.25, 0.3) is 0 Å². The van der Waals surface area contributed by atoms with Gasteiger partial charge in [0.25, 0.3) is 0 Å². The fourth-order valence-corrected chi connectivity index (χ4v) is 2.22. The molecular formula is C12H18N4O4S. The van der Waals surface area contributed by atoms with E-state index in [1.165, 1.54) is 12.1 Å². The zero-order valence-corrected chi connectivity index (χ0v) is 12.3. The lowest BCUT2D eigenvalue weighted by Gasteiger charge is -2.13. The maximum absolute atomic E-state index is 11.9. The molecule has 21 heavy (non-hydrogen) atoms. The number of nitrogens with one attached hydrogen (secondary N) is 1. The number of hydrogen-bond donors (Lipinski definition) is 4. The Morgan fingerprint density at radius 3 is 2.38 bits per heavy atom. The van der Waals surface area contributed by atoms with Crippen molar-refractivity contribution in [1.29, 1.82) is 0 Å². The van der Waals surface area contributed by atoms with Crippen molar-refractivity contribution in [3.8, 4) is 0 Å². The Morgan fingerprint density at radius 2 is 1.95 bits per heavy atom. The topological polar surface area (TPSA) is 148 Å². The van der Waals surface area contributed by atoms with Gasteiger partial charge in [-0.05, 0) is 24.1 Å². The lowest BCUT2D eigenvalue weighted by Crippen LogP contribution is -2.38. The van der Waals surface area contributed by atoms with E-state index in [0.29, 0.717) is 12.0 Å². The van der Waals surface area contributed by atoms with E-state index in [-0.39, 0.29) is 23.2 Å². The molecule has 1 rings (SSSR count). The average Bonchev–Trinajstić information content (AvgIpc) is 2.45. The maximum Gasteiger partial charge on any atom is 0.238 e. The zero-order chi connectivity index (χ0) is 16.0. The molecule has 0 fully saturated rings. The Bertz CT molecular complexity index is 625. The van der Waals surface area contributed by atoms with Crippen molar-refractivity contribution in [3.05, 3.63) is 29.8 Å². The van der Waals surface area contributed by atoms with Crippen molar-refractivity contribution in [2.24, 2.45) is 21.9 Å². The summed E-state index contributed by atoms with van der Waals surface area (Å²) in [7, 11) is -3.73. The Kier molecular flexibility index (Phi) is 5.68. The smallest absolute Gasteiger partial charge is 0.238 e. The molecule has 0 aliphatic rings. The van der Waals surface area contributed by atoms with Gasteiger partial charge in [-0.1, -0.05) is 24.2 Å². The van der Waals surface area contributed by atoms with Gasteiger partial charge in [0.15, 0.2) is 5.84 Å². The highest BCUT2D eigenvalue weighted by Crippen LogP contribution is 2.09. The van der Waals surface area contributed by atoms with E-state index in [9.17, 15) is 13.2 Å². The minimum atomic E-state index is -3.73. The van der Waals surface area contributed by atoms with Crippen molar-refractivity contribution in [1.82, 2.24) is 5.32 Å². The number of sulfonamides is 1. The van der Waals surface area contributed by atoms with Crippen molar-refractivity contribution >= 4 is 21.8 Å². The number of hydrogen-bond acceptors (Lipinski definition) is 5. The molecule has 0 aliphatic carbocycles. The molecule has 1 amide bonds. The van der Waals surface area contributed by atoms with Crippen molar-refractivity contribution in [3.63, 3.8) is 0 Å². The van der Waals surface area contributed by atoms with Crippen LogP contribution in [0, 0.1) is 5.92 Å². The van der Waals surface area contributed by atoms with Crippen molar-refractivity contribution in [2.75, 3.05) is 0 Å². The molecule has 1 aromatic rings. The Balaban J connectivity index is 2.69. The largest absolute Gasteiger partial charge is 0.409 e. The summed E-state index contributed by atoms with van der Waals surface area (Å²) in [5, 5.41) is 19.0. The van der Waals surface area contributed by atoms with Gasteiger partial charge < -0.3 is 16.3 Å². The first kappa shape index (κ1) is 16.9. The van der Waals surface area contributed by atoms with Gasteiger partial charge in [-0.15, -0.1) is 0 Å². The highest BCUT2D eigenvalue weighted by Gasteiger charge is 2.20. The molecule has 0 heterocycles. The maximum atomic E-state index is 11.9. The fraction of sp³-hybridized carbons (Fsp3) is 0.333. The molecule has 0 aromatic heterocycles. The third kappa shape index (κ3) is 4.72. The van der Waals surface area contributed by atoms with Crippen LogP contribution in [0.15, 0.2) is 34.3 Å². The quantitative estimate of drug-likeness (QED) is 0.247. The van der Waals surface area contributed by atoms with Crippen LogP contribution >= 0.6 is 0 Å². The second-order valence-electron chi connectivity index (χ2n) is 4.39. The number of primary sulfonamides is 1. The van der Waals surface area contributed by atoms with Gasteiger partial charge in [0.2, 0.25) is 15.9 Å². The number of amides is 1. The summed E-state index contributed by atoms with van der Waals surface area (Å²) in [5.74, 6) is -1.23. The van der Waals surface area contributed by atoms with Gasteiger partial charge in [-0.2, -0.15) is 0 Å². The predicted molar refractivity (Wildman–Crippen MR) is 76.9 cm³/mol. The van der Waals surface area contributed by atoms with E-state index in [0.717, 1.165) is 0 Å². The number of rotatable bonds is 6. The summed E-state index contributed by atoms with van der Waals surface area (Å²) < 4.78 is 22.2. The minimum absolute atomic E-state index is 0.000620. The van der Waals surface area contributed by atoms with Gasteiger partial charge in [0, 0.05) is 6.54 Å². The molecule has 1 aromatic carbocycles. The molecule has 0 saturated heterocycles. The molecule has 0 radical (unpaired) electrons. The van der Waals surface area contributed by atoms with Crippen LogP contribution in [0.4, 0.5) is 0 Å². The van der Waals surface area contributed by atoms with E-state index in [2.05, 4.69) is 10.5 Å². The second-order valence-corrected chi connectivity index (χ2v) is 5.95. The lowest BCUT2D eigenvalue weighted by molar-refractivity contribution is -0.123. The molecule has 0 aliphatic heterocycles. The normalized spacial score (nSPS) is 13.7. The predicted octanol–water partition coefficient (Wildman–Crippen LogP) is -0.277. The molecule has 0 saturated carbocycles. The number of benzene rings is 1. The lowest BCUT2D eigenvalue weighted by atomic mass is 10.0. The zero-order valence-electron chi connectivity index (χ0n) is 11.5. The van der Waals surface area contributed by atoms with Crippen LogP contribution in [0.5, 0.6) is 0 Å². The van der Waals surface area contributed by atoms with E-state index < -0.39 is 15.9 Å². The molecular weight excluding hydrogens is 296 g/mol. The Morgan fingerprint density at radius 1 is 1.38 bits per heavy atom. The van der Waals surface area contributed by atoms with Crippen LogP contribution in [0.2, 0.25) is 0 Å². The summed E-state index contributed by atoms with van der Waals surface area (Å²) in [5.41, 5.74) is 6.12. The van der Waals surface area contributed by atoms with E-state index in [1.54, 1.807) is 19.1 Å². The average molecular weight is 314 g/mol. The molecule has 6 N–H and O–H groups in total. The van der Waals surface area contributed by atoms with Crippen molar-refractivity contribution in [2.45, 2.75) is 24.8 Å². The molecule has 8 nitrogen and oxygen atoms in total. The first-order valence-electron chi connectivity index (χ1n) is 6.16. The molecule has 0 spiro atoms. The van der Waals surface area contributed by atoms with Crippen LogP contribution in [-0.4, -0.2) is 25.4 Å². The number of carbonyl (C=O) groups is 1. The van der Waals surface area contributed by atoms with Gasteiger partial charge >= 0.3 is 0 Å². The third-order valence-corrected chi connectivity index (χ3v) is 3.85. The van der Waals surface area contributed by atoms with Gasteiger partial charge in [-0.25, -0.2) is 13.6 Å². The molecule has 1 atom stereocenters. The van der Waals surface area contributed by atoms with E-state index >= 15 is 0 Å². The summed E-state index contributed by atoms with van der Waals surface area (Å²) in [6.45, 7) is 1.93. The summed E-state index contributed by atoms with van der Waals surface area (Å²) in [6, 6.07) is 5.81. The molecule has 9 heteroatoms. The molecule has 1 unspecified atom stereocenters. The van der Waals surface area contributed by atoms with Crippen molar-refractivity contribution < 1.29 is 18.4 Å². The Labute approximate surface area is 122 Å². The van der Waals surface area contributed by atoms with Gasteiger partial charge in [0.1, 0.15) is 0 Å². The SMILES string of the molecule is CCC(C(=O)NCc1ccc(S(N)(=O)=O)cc1)C(N)=NO. The van der Waals surface area contributed by atoms with Crippen LogP contribution in [-0.2, 0) is 21.4 Å². The number of oxime groups is 1. The summed E-state index contributed by atoms with van der Waals surface area (Å²) in [6.07, 6.45) is 0.395. The standard InChI is InChI=1S/C12H18N4O4S/c1-2-10(11(13)16-18)12(17)15-7-8-3-5-9(6-4-8)21(14,19)20/h3-6,10,18H,2,7H2,1H3,(H2,13,16)(H,15,17)(H2,14,19,20). The number of amidine groups is 1. The highest BCUT2D eigenvalue weighted by atomic mass is 32.2. The number of carbonyl (C=O) groups excluding carboxylic acids is 1. The fourth-order valence-electron chi connectivity index (χ4n) is 1.71. The number of nitrogens with two attached hydrogens (primary N) is 2. The summed E-state index contributed by atoms with van der Waals surface area (Å²) >= 11 is 0. The van der Waals surface area contributed by atoms with Crippen LogP contribution in [0.1, 0.15) is 18.9 Å². The monoisotopic (exact) mass is 314 g/mol. The first-order chi connectivity index (χ1) is 9.79. The van der Waals surface area contributed by atoms with Crippen LogP contribution in [0.3, 0.4) is 0 Å². The van der Waals surface area contributed by atoms with E-state index in [4.69, 9.17) is 16.1 Å². The van der Waals surface area contributed by atoms with E-state index in [1.807, 2.05) is 0 Å². The van der Waals surface area contributed by atoms with Crippen LogP contribution < -0.4 is 16.2 Å². The Hall–Kier alpha value is -2.13. The summed E-state index contributed by atoms with van der Waals surface area (Å²) in [4.78, 5) is 11.9. The van der Waals surface area contributed by atoms with Gasteiger partial charge in [0.05, 0.1) is 10.8 Å². The van der Waals surface area contributed by atoms with Gasteiger partial charge in [-0.3, -0.25) is 4.79 Å². The second kappa shape index (κ2) is 7.04. The number of nitrogens with zero attached hydrogens (tertiary/aromatic N) is 1. The molecule has 0 bridgehead atoms. The molecule has 116 valence electrons. The minimum Gasteiger partial charge on any atom is -0.409 e. The third-order valence-electron chi connectivity index (χ3n) is 2.92. The highest BCUT2D eigenvalue weighted by molar-refractivity contribution is 7.89. The first-order valence-corrected chi connectivity index (χ1v) is 7.71.